The fourth-order valence-electron chi connectivity index (χ4n) is 2.24. The molecule has 0 aromatic carbocycles. The van der Waals surface area contributed by atoms with Crippen LogP contribution in [-0.2, 0) is 16.1 Å². The van der Waals surface area contributed by atoms with Crippen molar-refractivity contribution in [1.29, 1.82) is 0 Å². The van der Waals surface area contributed by atoms with Crippen LogP contribution in [0.5, 0.6) is 0 Å². The number of aromatic nitrogens is 4. The van der Waals surface area contributed by atoms with Crippen LogP contribution in [-0.4, -0.2) is 50.3 Å². The molecule has 1 aliphatic rings. The van der Waals surface area contributed by atoms with Gasteiger partial charge in [0.2, 0.25) is 5.91 Å². The second-order valence-corrected chi connectivity index (χ2v) is 4.42. The van der Waals surface area contributed by atoms with Gasteiger partial charge in [-0.3, -0.25) is 9.89 Å². The zero-order valence-electron chi connectivity index (χ0n) is 10.4. The van der Waals surface area contributed by atoms with Crippen molar-refractivity contribution in [1.82, 2.24) is 24.6 Å². The molecule has 1 fully saturated rings. The van der Waals surface area contributed by atoms with Gasteiger partial charge in [0.05, 0.1) is 31.3 Å². The Morgan fingerprint density at radius 3 is 3.21 bits per heavy atom. The topological polar surface area (TPSA) is 76.0 Å². The number of imidazole rings is 1. The van der Waals surface area contributed by atoms with Crippen LogP contribution in [0.3, 0.4) is 0 Å². The lowest BCUT2D eigenvalue weighted by atomic mass is 10.1. The molecule has 1 saturated heterocycles. The number of carbonyl (C=O) groups excluding carboxylic acids is 1. The van der Waals surface area contributed by atoms with Gasteiger partial charge in [0.15, 0.2) is 0 Å². The first-order valence-corrected chi connectivity index (χ1v) is 6.17. The fourth-order valence-corrected chi connectivity index (χ4v) is 2.24. The smallest absolute Gasteiger partial charge is 0.243 e. The van der Waals surface area contributed by atoms with Gasteiger partial charge in [-0.05, 0) is 6.07 Å². The van der Waals surface area contributed by atoms with E-state index in [1.165, 1.54) is 0 Å². The molecule has 100 valence electrons. The predicted molar refractivity (Wildman–Crippen MR) is 66.1 cm³/mol. The first-order chi connectivity index (χ1) is 9.34. The summed E-state index contributed by atoms with van der Waals surface area (Å²) in [5, 5.41) is 6.84. The second kappa shape index (κ2) is 5.23. The zero-order valence-corrected chi connectivity index (χ0v) is 10.4. The SMILES string of the molecule is O=C(Cn1ccnc1)N1CCOC[C@H]1c1ccn[nH]1. The first-order valence-electron chi connectivity index (χ1n) is 6.17. The van der Waals surface area contributed by atoms with Gasteiger partial charge in [-0.25, -0.2) is 4.98 Å². The maximum atomic E-state index is 12.4. The van der Waals surface area contributed by atoms with Crippen LogP contribution in [0.1, 0.15) is 11.7 Å². The maximum Gasteiger partial charge on any atom is 0.243 e. The van der Waals surface area contributed by atoms with E-state index in [9.17, 15) is 4.79 Å². The first kappa shape index (κ1) is 11.9. The van der Waals surface area contributed by atoms with Gasteiger partial charge in [0.1, 0.15) is 6.54 Å². The molecule has 0 unspecified atom stereocenters. The van der Waals surface area contributed by atoms with E-state index < -0.39 is 0 Å². The maximum absolute atomic E-state index is 12.4. The molecule has 1 amide bonds. The van der Waals surface area contributed by atoms with Gasteiger partial charge in [-0.2, -0.15) is 5.10 Å². The molecule has 2 aromatic rings. The Balaban J connectivity index is 1.75. The second-order valence-electron chi connectivity index (χ2n) is 4.42. The lowest BCUT2D eigenvalue weighted by Gasteiger charge is -2.35. The quantitative estimate of drug-likeness (QED) is 0.856. The number of amides is 1. The van der Waals surface area contributed by atoms with Crippen molar-refractivity contribution in [2.75, 3.05) is 19.8 Å². The summed E-state index contributed by atoms with van der Waals surface area (Å²) in [4.78, 5) is 18.1. The number of H-pyrrole nitrogens is 1. The van der Waals surface area contributed by atoms with E-state index >= 15 is 0 Å². The van der Waals surface area contributed by atoms with Crippen LogP contribution < -0.4 is 0 Å². The van der Waals surface area contributed by atoms with Crippen molar-refractivity contribution in [3.8, 4) is 0 Å². The molecule has 1 atom stereocenters. The Labute approximate surface area is 110 Å². The van der Waals surface area contributed by atoms with Crippen LogP contribution in [0.25, 0.3) is 0 Å². The average molecular weight is 261 g/mol. The van der Waals surface area contributed by atoms with Crippen molar-refractivity contribution in [2.24, 2.45) is 0 Å². The average Bonchev–Trinajstić information content (AvgIpc) is 3.11. The number of aromatic amines is 1. The highest BCUT2D eigenvalue weighted by atomic mass is 16.5. The van der Waals surface area contributed by atoms with E-state index in [0.29, 0.717) is 26.3 Å². The van der Waals surface area contributed by atoms with Gasteiger partial charge in [-0.15, -0.1) is 0 Å². The number of nitrogens with zero attached hydrogens (tertiary/aromatic N) is 4. The van der Waals surface area contributed by atoms with E-state index in [1.807, 2.05) is 11.0 Å². The Hall–Kier alpha value is -2.15. The number of hydrogen-bond acceptors (Lipinski definition) is 4. The highest BCUT2D eigenvalue weighted by Gasteiger charge is 2.29. The summed E-state index contributed by atoms with van der Waals surface area (Å²) in [6.45, 7) is 1.96. The Morgan fingerprint density at radius 1 is 1.53 bits per heavy atom. The number of ether oxygens (including phenoxy) is 1. The van der Waals surface area contributed by atoms with Gasteiger partial charge in [0.25, 0.3) is 0 Å². The summed E-state index contributed by atoms with van der Waals surface area (Å²) in [6.07, 6.45) is 6.77. The summed E-state index contributed by atoms with van der Waals surface area (Å²) in [6, 6.07) is 1.78. The predicted octanol–water partition coefficient (Wildman–Crippen LogP) is 0.206. The summed E-state index contributed by atoms with van der Waals surface area (Å²) >= 11 is 0. The van der Waals surface area contributed by atoms with Crippen molar-refractivity contribution in [2.45, 2.75) is 12.6 Å². The van der Waals surface area contributed by atoms with Gasteiger partial charge >= 0.3 is 0 Å². The summed E-state index contributed by atoms with van der Waals surface area (Å²) in [5.41, 5.74) is 0.902. The Kier molecular flexibility index (Phi) is 3.28. The largest absolute Gasteiger partial charge is 0.377 e. The molecule has 0 aliphatic carbocycles. The van der Waals surface area contributed by atoms with Crippen molar-refractivity contribution < 1.29 is 9.53 Å². The van der Waals surface area contributed by atoms with Crippen LogP contribution in [0.4, 0.5) is 0 Å². The van der Waals surface area contributed by atoms with Crippen molar-refractivity contribution in [3.05, 3.63) is 36.7 Å². The van der Waals surface area contributed by atoms with E-state index in [2.05, 4.69) is 15.2 Å². The molecule has 19 heavy (non-hydrogen) atoms. The Bertz CT molecular complexity index is 522. The van der Waals surface area contributed by atoms with Gasteiger partial charge < -0.3 is 14.2 Å². The number of hydrogen-bond donors (Lipinski definition) is 1. The molecule has 0 radical (unpaired) electrons. The van der Waals surface area contributed by atoms with E-state index in [1.54, 1.807) is 29.5 Å². The number of carbonyl (C=O) groups is 1. The Morgan fingerprint density at radius 2 is 2.47 bits per heavy atom. The molecule has 0 spiro atoms. The summed E-state index contributed by atoms with van der Waals surface area (Å²) in [5.74, 6) is 0.0564. The standard InChI is InChI=1S/C12H15N5O2/c18-12(7-16-4-3-13-9-16)17-5-6-19-8-11(17)10-1-2-14-15-10/h1-4,9,11H,5-8H2,(H,14,15)/t11-/m0/s1. The van der Waals surface area contributed by atoms with E-state index in [4.69, 9.17) is 4.74 Å². The molecular weight excluding hydrogens is 246 g/mol. The third kappa shape index (κ3) is 2.50. The normalized spacial score (nSPS) is 19.6. The lowest BCUT2D eigenvalue weighted by Crippen LogP contribution is -2.44. The van der Waals surface area contributed by atoms with Crippen LogP contribution in [0.2, 0.25) is 0 Å². The van der Waals surface area contributed by atoms with E-state index in [-0.39, 0.29) is 11.9 Å². The van der Waals surface area contributed by atoms with Crippen LogP contribution in [0, 0.1) is 0 Å². The van der Waals surface area contributed by atoms with Crippen molar-refractivity contribution in [3.63, 3.8) is 0 Å². The van der Waals surface area contributed by atoms with Gasteiger partial charge in [0, 0.05) is 25.1 Å². The van der Waals surface area contributed by atoms with Crippen LogP contribution in [0.15, 0.2) is 31.0 Å². The molecule has 7 nitrogen and oxygen atoms in total. The fraction of sp³-hybridized carbons (Fsp3) is 0.417. The minimum atomic E-state index is -0.0905. The number of rotatable bonds is 3. The molecule has 7 heteroatoms. The van der Waals surface area contributed by atoms with E-state index in [0.717, 1.165) is 5.69 Å². The summed E-state index contributed by atoms with van der Waals surface area (Å²) < 4.78 is 7.23. The molecule has 3 rings (SSSR count). The number of nitrogens with one attached hydrogen (secondary N) is 1. The number of morpholine rings is 1. The highest BCUT2D eigenvalue weighted by molar-refractivity contribution is 5.76. The minimum absolute atomic E-state index is 0.0564. The molecule has 1 aliphatic heterocycles. The molecule has 1 N–H and O–H groups in total. The summed E-state index contributed by atoms with van der Waals surface area (Å²) in [7, 11) is 0. The highest BCUT2D eigenvalue weighted by Crippen LogP contribution is 2.22. The zero-order chi connectivity index (χ0) is 13.1. The molecule has 0 saturated carbocycles. The third-order valence-electron chi connectivity index (χ3n) is 3.21. The van der Waals surface area contributed by atoms with Crippen molar-refractivity contribution >= 4 is 5.91 Å². The van der Waals surface area contributed by atoms with Crippen LogP contribution >= 0.6 is 0 Å². The molecule has 2 aromatic heterocycles. The molecule has 0 bridgehead atoms. The third-order valence-corrected chi connectivity index (χ3v) is 3.21. The van der Waals surface area contributed by atoms with Gasteiger partial charge in [-0.1, -0.05) is 0 Å². The molecular formula is C12H15N5O2. The monoisotopic (exact) mass is 261 g/mol. The lowest BCUT2D eigenvalue weighted by molar-refractivity contribution is -0.141. The molecule has 3 heterocycles. The minimum Gasteiger partial charge on any atom is -0.377 e.